The van der Waals surface area contributed by atoms with Crippen LogP contribution in [0.15, 0.2) is 47.6 Å². The van der Waals surface area contributed by atoms with Crippen LogP contribution in [-0.2, 0) is 27.3 Å². The molecule has 2 heterocycles. The molecule has 0 bridgehead atoms. The molecule has 1 saturated heterocycles. The highest BCUT2D eigenvalue weighted by Gasteiger charge is 2.54. The summed E-state index contributed by atoms with van der Waals surface area (Å²) >= 11 is 0. The van der Waals surface area contributed by atoms with Gasteiger partial charge in [0, 0.05) is 36.5 Å². The number of nitrogens with zero attached hydrogens (tertiary/aromatic N) is 1. The van der Waals surface area contributed by atoms with Crippen molar-refractivity contribution in [3.8, 4) is 0 Å². The van der Waals surface area contributed by atoms with E-state index < -0.39 is 0 Å². The van der Waals surface area contributed by atoms with Gasteiger partial charge in [-0.3, -0.25) is 14.5 Å². The van der Waals surface area contributed by atoms with E-state index in [4.69, 9.17) is 4.74 Å². The van der Waals surface area contributed by atoms with Crippen LogP contribution < -0.4 is 0 Å². The van der Waals surface area contributed by atoms with Crippen LogP contribution in [0.1, 0.15) is 37.8 Å². The number of hydrogen-bond donors (Lipinski definition) is 0. The molecule has 0 amide bonds. The average molecular weight is 377 g/mol. The van der Waals surface area contributed by atoms with Crippen LogP contribution in [-0.4, -0.2) is 35.8 Å². The summed E-state index contributed by atoms with van der Waals surface area (Å²) in [5.74, 6) is 0.0591. The second-order valence-electron chi connectivity index (χ2n) is 9.07. The van der Waals surface area contributed by atoms with Crippen LogP contribution >= 0.6 is 0 Å². The number of esters is 1. The third-order valence-corrected chi connectivity index (χ3v) is 7.39. The maximum atomic E-state index is 12.9. The molecule has 1 unspecified atom stereocenters. The Bertz CT molecular complexity index is 914. The number of hydrogen-bond acceptors (Lipinski definition) is 4. The van der Waals surface area contributed by atoms with Gasteiger partial charge in [0.15, 0.2) is 5.78 Å². The van der Waals surface area contributed by atoms with E-state index in [0.717, 1.165) is 50.0 Å². The van der Waals surface area contributed by atoms with Crippen molar-refractivity contribution in [2.45, 2.75) is 45.8 Å². The first-order chi connectivity index (χ1) is 13.5. The van der Waals surface area contributed by atoms with E-state index in [-0.39, 0.29) is 35.1 Å². The standard InChI is InChI=1S/C24H27NO3/c1-15-20(26)8-11-24(2)10-7-18-19(23(27)28-22(18)21(15)24)14-25-12-9-16-5-3-4-6-17(16)13-25/h3-6,8,11,18-19,22H,7,9-10,12-14H2,1-2H3/t18-,19?,22-,24-/m0/s1. The molecule has 0 spiro atoms. The van der Waals surface area contributed by atoms with E-state index in [9.17, 15) is 9.59 Å². The zero-order chi connectivity index (χ0) is 19.5. The molecule has 4 atom stereocenters. The number of benzene rings is 1. The Kier molecular flexibility index (Phi) is 4.09. The zero-order valence-corrected chi connectivity index (χ0v) is 16.6. The summed E-state index contributed by atoms with van der Waals surface area (Å²) < 4.78 is 5.93. The molecule has 1 saturated carbocycles. The fourth-order valence-electron chi connectivity index (χ4n) is 5.77. The summed E-state index contributed by atoms with van der Waals surface area (Å²) in [4.78, 5) is 27.5. The number of carbonyl (C=O) groups excluding carboxylic acids is 2. The van der Waals surface area contributed by atoms with Gasteiger partial charge in [0.2, 0.25) is 0 Å². The first kappa shape index (κ1) is 17.9. The second kappa shape index (κ2) is 6.41. The number of allylic oxidation sites excluding steroid dienone is 3. The van der Waals surface area contributed by atoms with Crippen molar-refractivity contribution < 1.29 is 14.3 Å². The summed E-state index contributed by atoms with van der Waals surface area (Å²) in [6, 6.07) is 8.59. The topological polar surface area (TPSA) is 46.6 Å². The molecule has 0 N–H and O–H groups in total. The third kappa shape index (κ3) is 2.69. The molecule has 1 aromatic rings. The lowest BCUT2D eigenvalue weighted by molar-refractivity contribution is -0.144. The SMILES string of the molecule is CC1=C2[C@H]3OC(=O)C(CN4CCc5ccccc5C4)[C@@H]3CC[C@@]2(C)C=CC1=O. The number of ketones is 1. The Balaban J connectivity index is 1.38. The van der Waals surface area contributed by atoms with Crippen LogP contribution in [0.3, 0.4) is 0 Å². The normalized spacial score (nSPS) is 34.7. The predicted octanol–water partition coefficient (Wildman–Crippen LogP) is 3.46. The van der Waals surface area contributed by atoms with Crippen molar-refractivity contribution in [3.63, 3.8) is 0 Å². The monoisotopic (exact) mass is 377 g/mol. The quantitative estimate of drug-likeness (QED) is 0.741. The van der Waals surface area contributed by atoms with E-state index in [1.165, 1.54) is 11.1 Å². The fourth-order valence-corrected chi connectivity index (χ4v) is 5.77. The summed E-state index contributed by atoms with van der Waals surface area (Å²) in [6.45, 7) is 6.70. The van der Waals surface area contributed by atoms with Gasteiger partial charge < -0.3 is 4.74 Å². The molecular formula is C24H27NO3. The molecule has 4 nitrogen and oxygen atoms in total. The van der Waals surface area contributed by atoms with Crippen molar-refractivity contribution >= 4 is 11.8 Å². The van der Waals surface area contributed by atoms with E-state index >= 15 is 0 Å². The molecule has 5 rings (SSSR count). The van der Waals surface area contributed by atoms with Gasteiger partial charge in [0.1, 0.15) is 6.10 Å². The highest BCUT2D eigenvalue weighted by molar-refractivity contribution is 6.05. The summed E-state index contributed by atoms with van der Waals surface area (Å²) in [7, 11) is 0. The van der Waals surface area contributed by atoms with Gasteiger partial charge in [0.25, 0.3) is 0 Å². The van der Waals surface area contributed by atoms with Gasteiger partial charge in [-0.1, -0.05) is 37.3 Å². The molecule has 1 aromatic carbocycles. The van der Waals surface area contributed by atoms with Crippen molar-refractivity contribution in [3.05, 3.63) is 58.7 Å². The third-order valence-electron chi connectivity index (χ3n) is 7.39. The Morgan fingerprint density at radius 2 is 2.00 bits per heavy atom. The van der Waals surface area contributed by atoms with Crippen LogP contribution in [0.5, 0.6) is 0 Å². The molecular weight excluding hydrogens is 350 g/mol. The van der Waals surface area contributed by atoms with Gasteiger partial charge in [-0.2, -0.15) is 0 Å². The molecule has 4 aliphatic rings. The van der Waals surface area contributed by atoms with E-state index in [1.807, 2.05) is 13.0 Å². The largest absolute Gasteiger partial charge is 0.457 e. The minimum Gasteiger partial charge on any atom is -0.457 e. The summed E-state index contributed by atoms with van der Waals surface area (Å²) in [5, 5.41) is 0. The Morgan fingerprint density at radius 3 is 2.82 bits per heavy atom. The van der Waals surface area contributed by atoms with Crippen LogP contribution in [0.2, 0.25) is 0 Å². The minimum atomic E-state index is -0.234. The number of ether oxygens (including phenoxy) is 1. The lowest BCUT2D eigenvalue weighted by atomic mass is 9.61. The van der Waals surface area contributed by atoms with Crippen molar-refractivity contribution in [1.29, 1.82) is 0 Å². The molecule has 2 aliphatic carbocycles. The van der Waals surface area contributed by atoms with Gasteiger partial charge in [-0.15, -0.1) is 0 Å². The maximum absolute atomic E-state index is 12.9. The van der Waals surface area contributed by atoms with Gasteiger partial charge in [-0.05, 0) is 49.0 Å². The molecule has 0 radical (unpaired) electrons. The maximum Gasteiger partial charge on any atom is 0.311 e. The Morgan fingerprint density at radius 1 is 1.21 bits per heavy atom. The van der Waals surface area contributed by atoms with Crippen molar-refractivity contribution in [1.82, 2.24) is 4.90 Å². The molecule has 2 fully saturated rings. The molecule has 28 heavy (non-hydrogen) atoms. The molecule has 2 aliphatic heterocycles. The number of rotatable bonds is 2. The Labute approximate surface area is 166 Å². The summed E-state index contributed by atoms with van der Waals surface area (Å²) in [6.07, 6.45) is 6.46. The van der Waals surface area contributed by atoms with Crippen LogP contribution in [0, 0.1) is 17.3 Å². The van der Waals surface area contributed by atoms with E-state index in [0.29, 0.717) is 0 Å². The summed E-state index contributed by atoms with van der Waals surface area (Å²) in [5.41, 5.74) is 4.47. The number of carbonyl (C=O) groups is 2. The van der Waals surface area contributed by atoms with E-state index in [2.05, 4.69) is 36.1 Å². The number of fused-ring (bicyclic) bond motifs is 4. The van der Waals surface area contributed by atoms with Crippen LogP contribution in [0.4, 0.5) is 0 Å². The van der Waals surface area contributed by atoms with Crippen molar-refractivity contribution in [2.75, 3.05) is 13.1 Å². The molecule has 146 valence electrons. The second-order valence-corrected chi connectivity index (χ2v) is 9.07. The average Bonchev–Trinajstić information content (AvgIpc) is 3.00. The first-order valence-corrected chi connectivity index (χ1v) is 10.4. The molecule has 0 aromatic heterocycles. The van der Waals surface area contributed by atoms with Gasteiger partial charge >= 0.3 is 5.97 Å². The predicted molar refractivity (Wildman–Crippen MR) is 106 cm³/mol. The minimum absolute atomic E-state index is 0.0558. The Hall–Kier alpha value is -2.20. The molecule has 4 heteroatoms. The first-order valence-electron chi connectivity index (χ1n) is 10.4. The van der Waals surface area contributed by atoms with Gasteiger partial charge in [-0.25, -0.2) is 0 Å². The smallest absolute Gasteiger partial charge is 0.311 e. The van der Waals surface area contributed by atoms with Crippen LogP contribution in [0.25, 0.3) is 0 Å². The highest BCUT2D eigenvalue weighted by atomic mass is 16.6. The van der Waals surface area contributed by atoms with Gasteiger partial charge in [0.05, 0.1) is 5.92 Å². The van der Waals surface area contributed by atoms with E-state index in [1.54, 1.807) is 6.08 Å². The lowest BCUT2D eigenvalue weighted by Crippen LogP contribution is -2.42. The van der Waals surface area contributed by atoms with Crippen molar-refractivity contribution in [2.24, 2.45) is 17.3 Å². The lowest BCUT2D eigenvalue weighted by Gasteiger charge is -2.43. The highest BCUT2D eigenvalue weighted by Crippen LogP contribution is 2.53. The zero-order valence-electron chi connectivity index (χ0n) is 16.6. The fraction of sp³-hybridized carbons (Fsp3) is 0.500.